The summed E-state index contributed by atoms with van der Waals surface area (Å²) in [6.45, 7) is 3.59. The van der Waals surface area contributed by atoms with Crippen molar-refractivity contribution in [3.05, 3.63) is 42.5 Å². The van der Waals surface area contributed by atoms with Crippen LogP contribution in [0.3, 0.4) is 0 Å². The van der Waals surface area contributed by atoms with Crippen LogP contribution in [0.2, 0.25) is 0 Å². The molecule has 84 valence electrons. The Morgan fingerprint density at radius 1 is 1.00 bits per heavy atom. The first-order chi connectivity index (χ1) is 7.66. The SMILES string of the molecule is CC(Oc1ccc2ccccc2c1)[C@H](C)O. The van der Waals surface area contributed by atoms with Crippen molar-refractivity contribution in [3.8, 4) is 5.75 Å². The molecule has 2 rings (SSSR count). The number of aliphatic hydroxyl groups is 1. The molecule has 2 nitrogen and oxygen atoms in total. The van der Waals surface area contributed by atoms with Crippen LogP contribution in [-0.2, 0) is 0 Å². The Morgan fingerprint density at radius 2 is 1.69 bits per heavy atom. The van der Waals surface area contributed by atoms with Gasteiger partial charge < -0.3 is 9.84 Å². The smallest absolute Gasteiger partial charge is 0.121 e. The molecule has 1 unspecified atom stereocenters. The van der Waals surface area contributed by atoms with E-state index in [0.29, 0.717) is 0 Å². The van der Waals surface area contributed by atoms with Crippen LogP contribution < -0.4 is 4.74 Å². The highest BCUT2D eigenvalue weighted by molar-refractivity contribution is 5.83. The third-order valence-electron chi connectivity index (χ3n) is 2.72. The van der Waals surface area contributed by atoms with Crippen molar-refractivity contribution in [1.82, 2.24) is 0 Å². The number of benzene rings is 2. The normalized spacial score (nSPS) is 14.7. The van der Waals surface area contributed by atoms with Crippen molar-refractivity contribution < 1.29 is 9.84 Å². The van der Waals surface area contributed by atoms with E-state index in [-0.39, 0.29) is 6.10 Å². The second-order valence-corrected chi connectivity index (χ2v) is 4.07. The second-order valence-electron chi connectivity index (χ2n) is 4.07. The molecule has 0 amide bonds. The minimum absolute atomic E-state index is 0.193. The maximum Gasteiger partial charge on any atom is 0.121 e. The zero-order chi connectivity index (χ0) is 11.5. The molecule has 0 spiro atoms. The van der Waals surface area contributed by atoms with Crippen LogP contribution in [0.15, 0.2) is 42.5 Å². The number of aliphatic hydroxyl groups excluding tert-OH is 1. The first-order valence-corrected chi connectivity index (χ1v) is 5.50. The molecule has 1 N–H and O–H groups in total. The van der Waals surface area contributed by atoms with E-state index in [1.165, 1.54) is 5.39 Å². The van der Waals surface area contributed by atoms with Gasteiger partial charge in [-0.3, -0.25) is 0 Å². The lowest BCUT2D eigenvalue weighted by Crippen LogP contribution is -2.25. The van der Waals surface area contributed by atoms with E-state index in [9.17, 15) is 5.11 Å². The quantitative estimate of drug-likeness (QED) is 0.854. The lowest BCUT2D eigenvalue weighted by Gasteiger charge is -2.17. The van der Waals surface area contributed by atoms with E-state index < -0.39 is 6.10 Å². The summed E-state index contributed by atoms with van der Waals surface area (Å²) in [5.74, 6) is 0.798. The fourth-order valence-electron chi connectivity index (χ4n) is 1.55. The van der Waals surface area contributed by atoms with E-state index in [0.717, 1.165) is 11.1 Å². The van der Waals surface area contributed by atoms with Gasteiger partial charge in [0.2, 0.25) is 0 Å². The summed E-state index contributed by atoms with van der Waals surface area (Å²) in [4.78, 5) is 0. The van der Waals surface area contributed by atoms with Gasteiger partial charge in [0.1, 0.15) is 11.9 Å². The Morgan fingerprint density at radius 3 is 2.38 bits per heavy atom. The lowest BCUT2D eigenvalue weighted by atomic mass is 10.1. The van der Waals surface area contributed by atoms with Crippen molar-refractivity contribution in [2.45, 2.75) is 26.1 Å². The fraction of sp³-hybridized carbons (Fsp3) is 0.286. The van der Waals surface area contributed by atoms with Crippen LogP contribution in [0.4, 0.5) is 0 Å². The molecule has 2 aromatic rings. The lowest BCUT2D eigenvalue weighted by molar-refractivity contribution is 0.0605. The zero-order valence-electron chi connectivity index (χ0n) is 9.55. The van der Waals surface area contributed by atoms with E-state index in [2.05, 4.69) is 12.1 Å². The van der Waals surface area contributed by atoms with Gasteiger partial charge in [0.05, 0.1) is 6.10 Å². The fourth-order valence-corrected chi connectivity index (χ4v) is 1.55. The highest BCUT2D eigenvalue weighted by Gasteiger charge is 2.10. The summed E-state index contributed by atoms with van der Waals surface area (Å²) in [5.41, 5.74) is 0. The largest absolute Gasteiger partial charge is 0.488 e. The molecular weight excluding hydrogens is 200 g/mol. The predicted molar refractivity (Wildman–Crippen MR) is 65.7 cm³/mol. The first-order valence-electron chi connectivity index (χ1n) is 5.50. The number of fused-ring (bicyclic) bond motifs is 1. The van der Waals surface area contributed by atoms with Crippen LogP contribution in [0.1, 0.15) is 13.8 Å². The molecule has 0 aliphatic rings. The van der Waals surface area contributed by atoms with Crippen molar-refractivity contribution in [3.63, 3.8) is 0 Å². The summed E-state index contributed by atoms with van der Waals surface area (Å²) >= 11 is 0. The van der Waals surface area contributed by atoms with Crippen molar-refractivity contribution in [2.24, 2.45) is 0 Å². The third-order valence-corrected chi connectivity index (χ3v) is 2.72. The number of hydrogen-bond acceptors (Lipinski definition) is 2. The topological polar surface area (TPSA) is 29.5 Å². The van der Waals surface area contributed by atoms with Gasteiger partial charge in [-0.15, -0.1) is 0 Å². The molecule has 16 heavy (non-hydrogen) atoms. The maximum absolute atomic E-state index is 9.37. The van der Waals surface area contributed by atoms with E-state index in [1.54, 1.807) is 6.92 Å². The van der Waals surface area contributed by atoms with Crippen LogP contribution in [-0.4, -0.2) is 17.3 Å². The van der Waals surface area contributed by atoms with Gasteiger partial charge in [-0.05, 0) is 36.8 Å². The van der Waals surface area contributed by atoms with Gasteiger partial charge in [-0.25, -0.2) is 0 Å². The average molecular weight is 216 g/mol. The Labute approximate surface area is 95.5 Å². The average Bonchev–Trinajstić information content (AvgIpc) is 2.28. The van der Waals surface area contributed by atoms with Crippen LogP contribution >= 0.6 is 0 Å². The molecule has 0 radical (unpaired) electrons. The van der Waals surface area contributed by atoms with E-state index >= 15 is 0 Å². The standard InChI is InChI=1S/C14H16O2/c1-10(15)11(2)16-14-8-7-12-5-3-4-6-13(12)9-14/h3-11,15H,1-2H3/t10-,11?/m0/s1. The molecule has 0 aromatic heterocycles. The van der Waals surface area contributed by atoms with Crippen molar-refractivity contribution in [2.75, 3.05) is 0 Å². The first kappa shape index (κ1) is 11.0. The molecule has 2 heteroatoms. The Hall–Kier alpha value is -1.54. The molecule has 0 aliphatic carbocycles. The number of hydrogen-bond donors (Lipinski definition) is 1. The van der Waals surface area contributed by atoms with Crippen LogP contribution in [0.5, 0.6) is 5.75 Å². The number of rotatable bonds is 3. The van der Waals surface area contributed by atoms with Gasteiger partial charge >= 0.3 is 0 Å². The predicted octanol–water partition coefficient (Wildman–Crippen LogP) is 2.99. The van der Waals surface area contributed by atoms with Gasteiger partial charge in [-0.1, -0.05) is 30.3 Å². The minimum Gasteiger partial charge on any atom is -0.488 e. The Bertz CT molecular complexity index is 477. The maximum atomic E-state index is 9.37. The number of ether oxygens (including phenoxy) is 1. The summed E-state index contributed by atoms with van der Waals surface area (Å²) in [7, 11) is 0. The highest BCUT2D eigenvalue weighted by Crippen LogP contribution is 2.21. The molecule has 0 saturated carbocycles. The monoisotopic (exact) mass is 216 g/mol. The molecule has 0 saturated heterocycles. The molecule has 0 fully saturated rings. The molecular formula is C14H16O2. The molecule has 0 bridgehead atoms. The molecule has 0 aliphatic heterocycles. The van der Waals surface area contributed by atoms with Crippen molar-refractivity contribution in [1.29, 1.82) is 0 Å². The van der Waals surface area contributed by atoms with Gasteiger partial charge in [0.15, 0.2) is 0 Å². The minimum atomic E-state index is -0.466. The third kappa shape index (κ3) is 2.34. The van der Waals surface area contributed by atoms with E-state index in [4.69, 9.17) is 4.74 Å². The molecule has 0 heterocycles. The van der Waals surface area contributed by atoms with Gasteiger partial charge in [0.25, 0.3) is 0 Å². The Kier molecular flexibility index (Phi) is 3.11. The summed E-state index contributed by atoms with van der Waals surface area (Å²) < 4.78 is 5.63. The van der Waals surface area contributed by atoms with Crippen molar-refractivity contribution >= 4 is 10.8 Å². The summed E-state index contributed by atoms with van der Waals surface area (Å²) in [6.07, 6.45) is -0.660. The summed E-state index contributed by atoms with van der Waals surface area (Å²) in [6, 6.07) is 14.1. The Balaban J connectivity index is 2.26. The van der Waals surface area contributed by atoms with Crippen LogP contribution in [0, 0.1) is 0 Å². The van der Waals surface area contributed by atoms with Gasteiger partial charge in [0, 0.05) is 0 Å². The molecule has 2 atom stereocenters. The van der Waals surface area contributed by atoms with Crippen LogP contribution in [0.25, 0.3) is 10.8 Å². The van der Waals surface area contributed by atoms with Gasteiger partial charge in [-0.2, -0.15) is 0 Å². The van der Waals surface area contributed by atoms with E-state index in [1.807, 2.05) is 37.3 Å². The molecule has 2 aromatic carbocycles. The summed E-state index contributed by atoms with van der Waals surface area (Å²) in [5, 5.41) is 11.7. The second kappa shape index (κ2) is 4.54. The highest BCUT2D eigenvalue weighted by atomic mass is 16.5. The zero-order valence-corrected chi connectivity index (χ0v) is 9.55.